The summed E-state index contributed by atoms with van der Waals surface area (Å²) in [6.07, 6.45) is 2.35. The van der Waals surface area contributed by atoms with Crippen molar-refractivity contribution in [3.8, 4) is 0 Å². The fraction of sp³-hybridized carbons (Fsp3) is 0.676. The average Bonchev–Trinajstić information content (AvgIpc) is 3.03. The lowest BCUT2D eigenvalue weighted by molar-refractivity contribution is -0.133. The van der Waals surface area contributed by atoms with E-state index in [1.54, 1.807) is 7.11 Å². The summed E-state index contributed by atoms with van der Waals surface area (Å²) < 4.78 is 20.7. The predicted octanol–water partition coefficient (Wildman–Crippen LogP) is 3.40. The number of methoxy groups -OCH3 is 1. The summed E-state index contributed by atoms with van der Waals surface area (Å²) in [5, 5.41) is 8.08. The maximum Gasteiger partial charge on any atom is 0.407 e. The lowest BCUT2D eigenvalue weighted by Crippen LogP contribution is -2.46. The minimum absolute atomic E-state index is 0.00634. The summed E-state index contributed by atoms with van der Waals surface area (Å²) in [7, 11) is 1.60. The standard InChI is InChI=1S/C34H55N3O9/c1-5-6-16-44-20-21-46-34(42)36-25-29(38)24-28(23-27-11-8-7-9-12-27)33(41)37-30(22-26(2)3)31(39)13-14-32(40)35-15-10-17-45-19-18-43-4/h7-9,11-12,26,28,30H,5-6,10,13-25H2,1-4H3,(H,35,40)(H,36,42)(H,37,41). The number of alkyl carbamates (subject to hydrolysis) is 1. The summed E-state index contributed by atoms with van der Waals surface area (Å²) in [6, 6.07) is 8.49. The molecule has 0 aliphatic carbocycles. The first kappa shape index (κ1) is 40.7. The second kappa shape index (κ2) is 25.8. The number of Topliss-reactive ketones (excluding diaryl/α,β-unsaturated/α-hetero) is 2. The Hall–Kier alpha value is -3.35. The molecule has 2 unspecified atom stereocenters. The molecule has 260 valence electrons. The smallest absolute Gasteiger partial charge is 0.407 e. The molecule has 0 aromatic heterocycles. The van der Waals surface area contributed by atoms with E-state index < -0.39 is 24.0 Å². The molecule has 46 heavy (non-hydrogen) atoms. The number of hydrogen-bond acceptors (Lipinski definition) is 9. The number of amides is 3. The lowest BCUT2D eigenvalue weighted by atomic mass is 9.91. The summed E-state index contributed by atoms with van der Waals surface area (Å²) in [5.41, 5.74) is 0.860. The number of nitrogens with one attached hydrogen (secondary N) is 3. The third-order valence-electron chi connectivity index (χ3n) is 6.93. The van der Waals surface area contributed by atoms with Gasteiger partial charge >= 0.3 is 6.09 Å². The van der Waals surface area contributed by atoms with Crippen LogP contribution in [-0.2, 0) is 44.5 Å². The summed E-state index contributed by atoms with van der Waals surface area (Å²) >= 11 is 0. The molecule has 3 N–H and O–H groups in total. The van der Waals surface area contributed by atoms with Crippen molar-refractivity contribution < 1.29 is 42.9 Å². The molecule has 0 fully saturated rings. The SMILES string of the molecule is CCCCOCCOC(=O)NCC(=O)CC(Cc1ccccc1)C(=O)NC(CC(C)C)C(=O)CCC(=O)NCCCOCCOC. The molecule has 0 saturated heterocycles. The number of benzene rings is 1. The van der Waals surface area contributed by atoms with Gasteiger partial charge in [-0.05, 0) is 37.2 Å². The molecule has 12 nitrogen and oxygen atoms in total. The van der Waals surface area contributed by atoms with Crippen molar-refractivity contribution in [3.05, 3.63) is 35.9 Å². The second-order valence-electron chi connectivity index (χ2n) is 11.6. The highest BCUT2D eigenvalue weighted by Crippen LogP contribution is 2.16. The van der Waals surface area contributed by atoms with Crippen LogP contribution in [0.4, 0.5) is 4.79 Å². The topological polar surface area (TPSA) is 158 Å². The number of carbonyl (C=O) groups excluding carboxylic acids is 5. The number of unbranched alkanes of at least 4 members (excludes halogenated alkanes) is 1. The number of carbonyl (C=O) groups is 5. The van der Waals surface area contributed by atoms with Crippen molar-refractivity contribution in [1.82, 2.24) is 16.0 Å². The zero-order valence-corrected chi connectivity index (χ0v) is 28.1. The van der Waals surface area contributed by atoms with Crippen LogP contribution in [0.1, 0.15) is 71.3 Å². The Morgan fingerprint density at radius 3 is 2.20 bits per heavy atom. The van der Waals surface area contributed by atoms with Crippen LogP contribution in [-0.4, -0.2) is 95.4 Å². The van der Waals surface area contributed by atoms with Crippen molar-refractivity contribution in [3.63, 3.8) is 0 Å². The highest BCUT2D eigenvalue weighted by Gasteiger charge is 2.28. The second-order valence-corrected chi connectivity index (χ2v) is 11.6. The molecule has 0 bridgehead atoms. The van der Waals surface area contributed by atoms with E-state index in [1.165, 1.54) is 0 Å². The first-order chi connectivity index (χ1) is 22.2. The molecule has 3 amide bonds. The van der Waals surface area contributed by atoms with Gasteiger partial charge in [-0.1, -0.05) is 57.5 Å². The Kier molecular flexibility index (Phi) is 22.8. The third-order valence-corrected chi connectivity index (χ3v) is 6.93. The fourth-order valence-corrected chi connectivity index (χ4v) is 4.44. The summed E-state index contributed by atoms with van der Waals surface area (Å²) in [6.45, 7) is 8.51. The first-order valence-electron chi connectivity index (χ1n) is 16.4. The van der Waals surface area contributed by atoms with Gasteiger partial charge in [0.2, 0.25) is 11.8 Å². The van der Waals surface area contributed by atoms with Crippen LogP contribution in [0.25, 0.3) is 0 Å². The number of ether oxygens (including phenoxy) is 4. The molecule has 1 aromatic carbocycles. The minimum atomic E-state index is -0.796. The van der Waals surface area contributed by atoms with Gasteiger partial charge in [0, 0.05) is 52.0 Å². The quantitative estimate of drug-likeness (QED) is 0.122. The molecular formula is C34H55N3O9. The fourth-order valence-electron chi connectivity index (χ4n) is 4.44. The van der Waals surface area contributed by atoms with Crippen LogP contribution in [0.3, 0.4) is 0 Å². The van der Waals surface area contributed by atoms with Crippen molar-refractivity contribution in [2.24, 2.45) is 11.8 Å². The molecule has 0 spiro atoms. The molecule has 0 saturated carbocycles. The monoisotopic (exact) mass is 649 g/mol. The summed E-state index contributed by atoms with van der Waals surface area (Å²) in [5.74, 6) is -1.93. The Morgan fingerprint density at radius 2 is 1.52 bits per heavy atom. The Bertz CT molecular complexity index is 1020. The molecule has 12 heteroatoms. The van der Waals surface area contributed by atoms with Gasteiger partial charge < -0.3 is 34.9 Å². The molecule has 0 radical (unpaired) electrons. The van der Waals surface area contributed by atoms with Crippen molar-refractivity contribution in [2.45, 2.75) is 78.2 Å². The Labute approximate surface area is 274 Å². The molecule has 0 heterocycles. The van der Waals surface area contributed by atoms with Gasteiger partial charge in [0.25, 0.3) is 0 Å². The average molecular weight is 650 g/mol. The van der Waals surface area contributed by atoms with E-state index in [4.69, 9.17) is 18.9 Å². The predicted molar refractivity (Wildman–Crippen MR) is 174 cm³/mol. The van der Waals surface area contributed by atoms with E-state index in [-0.39, 0.29) is 68.8 Å². The van der Waals surface area contributed by atoms with Gasteiger partial charge in [0.05, 0.1) is 32.4 Å². The van der Waals surface area contributed by atoms with Crippen LogP contribution in [0, 0.1) is 11.8 Å². The largest absolute Gasteiger partial charge is 0.447 e. The van der Waals surface area contributed by atoms with Crippen LogP contribution in [0.2, 0.25) is 0 Å². The Balaban J connectivity index is 2.70. The lowest BCUT2D eigenvalue weighted by Gasteiger charge is -2.23. The normalized spacial score (nSPS) is 12.3. The minimum Gasteiger partial charge on any atom is -0.447 e. The Morgan fingerprint density at radius 1 is 0.826 bits per heavy atom. The van der Waals surface area contributed by atoms with E-state index in [0.29, 0.717) is 45.8 Å². The molecular weight excluding hydrogens is 594 g/mol. The highest BCUT2D eigenvalue weighted by molar-refractivity contribution is 5.94. The van der Waals surface area contributed by atoms with Gasteiger partial charge in [-0.15, -0.1) is 0 Å². The van der Waals surface area contributed by atoms with Gasteiger partial charge in [0.15, 0.2) is 11.6 Å². The highest BCUT2D eigenvalue weighted by atomic mass is 16.6. The number of hydrogen-bond donors (Lipinski definition) is 3. The van der Waals surface area contributed by atoms with Gasteiger partial charge in [-0.25, -0.2) is 4.79 Å². The first-order valence-corrected chi connectivity index (χ1v) is 16.4. The molecule has 1 rings (SSSR count). The van der Waals surface area contributed by atoms with E-state index in [1.807, 2.05) is 44.2 Å². The van der Waals surface area contributed by atoms with E-state index in [2.05, 4.69) is 22.9 Å². The third kappa shape index (κ3) is 20.6. The number of ketones is 2. The molecule has 2 atom stereocenters. The van der Waals surface area contributed by atoms with Gasteiger partial charge in [-0.2, -0.15) is 0 Å². The van der Waals surface area contributed by atoms with Crippen LogP contribution in [0.15, 0.2) is 30.3 Å². The maximum atomic E-state index is 13.5. The molecule has 1 aromatic rings. The van der Waals surface area contributed by atoms with Crippen molar-refractivity contribution >= 4 is 29.5 Å². The molecule has 0 aliphatic heterocycles. The van der Waals surface area contributed by atoms with Crippen LogP contribution in [0.5, 0.6) is 0 Å². The van der Waals surface area contributed by atoms with E-state index in [0.717, 1.165) is 18.4 Å². The zero-order chi connectivity index (χ0) is 34.0. The zero-order valence-electron chi connectivity index (χ0n) is 28.1. The van der Waals surface area contributed by atoms with Gasteiger partial charge in [0.1, 0.15) is 6.61 Å². The summed E-state index contributed by atoms with van der Waals surface area (Å²) in [4.78, 5) is 63.9. The van der Waals surface area contributed by atoms with E-state index >= 15 is 0 Å². The van der Waals surface area contributed by atoms with Crippen LogP contribution < -0.4 is 16.0 Å². The van der Waals surface area contributed by atoms with E-state index in [9.17, 15) is 24.0 Å². The van der Waals surface area contributed by atoms with Crippen molar-refractivity contribution in [1.29, 1.82) is 0 Å². The number of rotatable bonds is 27. The maximum absolute atomic E-state index is 13.5. The van der Waals surface area contributed by atoms with Crippen LogP contribution >= 0.6 is 0 Å². The molecule has 0 aliphatic rings. The van der Waals surface area contributed by atoms with Gasteiger partial charge in [-0.3, -0.25) is 19.2 Å². The van der Waals surface area contributed by atoms with Crippen molar-refractivity contribution in [2.75, 3.05) is 59.8 Å².